The van der Waals surface area contributed by atoms with Crippen LogP contribution in [-0.4, -0.2) is 56.7 Å². The van der Waals surface area contributed by atoms with Gasteiger partial charge in [-0.3, -0.25) is 4.79 Å². The number of amides is 1. The smallest absolute Gasteiger partial charge is 0.233 e. The maximum absolute atomic E-state index is 13.9. The molecule has 0 radical (unpaired) electrons. The number of benzene rings is 1. The van der Waals surface area contributed by atoms with Crippen molar-refractivity contribution in [2.24, 2.45) is 0 Å². The minimum absolute atomic E-state index is 0.0116. The van der Waals surface area contributed by atoms with E-state index in [1.54, 1.807) is 23.1 Å². The molecule has 0 spiro atoms. The Morgan fingerprint density at radius 2 is 2.00 bits per heavy atom. The maximum Gasteiger partial charge on any atom is 0.233 e. The fourth-order valence-electron chi connectivity index (χ4n) is 2.80. The Kier molecular flexibility index (Phi) is 5.24. The molecule has 1 amide bonds. The molecular weight excluding hydrogens is 345 g/mol. The monoisotopic (exact) mass is 365 g/mol. The van der Waals surface area contributed by atoms with Crippen LogP contribution in [0.5, 0.6) is 0 Å². The first-order chi connectivity index (χ1) is 12.0. The molecule has 2 N–H and O–H groups in total. The number of carbonyl (C=O) groups is 1. The largest absolute Gasteiger partial charge is 0.372 e. The molecule has 0 unspecified atom stereocenters. The summed E-state index contributed by atoms with van der Waals surface area (Å²) in [4.78, 5) is 14.2. The lowest BCUT2D eigenvalue weighted by molar-refractivity contribution is -0.140. The molecule has 134 valence electrons. The van der Waals surface area contributed by atoms with Gasteiger partial charge in [-0.25, -0.2) is 9.07 Å². The Morgan fingerprint density at radius 3 is 2.68 bits per heavy atom. The van der Waals surface area contributed by atoms with Crippen molar-refractivity contribution < 1.29 is 13.9 Å². The number of hydrogen-bond acceptors (Lipinski definition) is 6. The minimum atomic E-state index is -0.425. The Morgan fingerprint density at radius 1 is 1.32 bits per heavy atom. The summed E-state index contributed by atoms with van der Waals surface area (Å²) in [7, 11) is 0. The number of thioether (sulfide) groups is 1. The summed E-state index contributed by atoms with van der Waals surface area (Å²) < 4.78 is 20.7. The Hall–Kier alpha value is -2.13. The zero-order chi connectivity index (χ0) is 18.0. The van der Waals surface area contributed by atoms with Gasteiger partial charge in [-0.2, -0.15) is 0 Å². The van der Waals surface area contributed by atoms with Gasteiger partial charge < -0.3 is 15.5 Å². The third-order valence-electron chi connectivity index (χ3n) is 3.88. The molecule has 1 aromatic carbocycles. The summed E-state index contributed by atoms with van der Waals surface area (Å²) in [6, 6.07) is 6.21. The van der Waals surface area contributed by atoms with E-state index in [2.05, 4.69) is 10.2 Å². The SMILES string of the molecule is C[C@H]1CN(C(=O)CSc2nnc(-c3ccccc3F)n2N)C[C@H](C)O1. The lowest BCUT2D eigenvalue weighted by atomic mass is 10.2. The molecule has 7 nitrogen and oxygen atoms in total. The highest BCUT2D eigenvalue weighted by Crippen LogP contribution is 2.24. The number of nitrogens with zero attached hydrogens (tertiary/aromatic N) is 4. The van der Waals surface area contributed by atoms with E-state index in [-0.39, 0.29) is 35.3 Å². The molecule has 1 aliphatic rings. The molecule has 0 saturated carbocycles. The van der Waals surface area contributed by atoms with E-state index >= 15 is 0 Å². The molecule has 1 fully saturated rings. The van der Waals surface area contributed by atoms with Crippen molar-refractivity contribution >= 4 is 17.7 Å². The molecule has 9 heteroatoms. The van der Waals surface area contributed by atoms with Crippen LogP contribution in [0, 0.1) is 5.82 Å². The Balaban J connectivity index is 1.66. The average molecular weight is 365 g/mol. The Labute approximate surface area is 149 Å². The molecule has 0 bridgehead atoms. The molecule has 1 saturated heterocycles. The van der Waals surface area contributed by atoms with Crippen LogP contribution in [0.15, 0.2) is 29.4 Å². The van der Waals surface area contributed by atoms with Gasteiger partial charge in [-0.1, -0.05) is 23.9 Å². The average Bonchev–Trinajstić information content (AvgIpc) is 2.93. The van der Waals surface area contributed by atoms with E-state index in [9.17, 15) is 9.18 Å². The van der Waals surface area contributed by atoms with E-state index in [0.29, 0.717) is 18.2 Å². The molecule has 2 atom stereocenters. The normalized spacial score (nSPS) is 20.7. The van der Waals surface area contributed by atoms with Crippen LogP contribution in [0.4, 0.5) is 4.39 Å². The number of hydrogen-bond donors (Lipinski definition) is 1. The van der Waals surface area contributed by atoms with Crippen LogP contribution in [0.3, 0.4) is 0 Å². The van der Waals surface area contributed by atoms with Gasteiger partial charge in [-0.05, 0) is 26.0 Å². The topological polar surface area (TPSA) is 86.3 Å². The molecular formula is C16H20FN5O2S. The molecule has 2 heterocycles. The van der Waals surface area contributed by atoms with E-state index in [1.807, 2.05) is 13.8 Å². The summed E-state index contributed by atoms with van der Waals surface area (Å²) in [6.07, 6.45) is 0.0343. The zero-order valence-electron chi connectivity index (χ0n) is 14.1. The van der Waals surface area contributed by atoms with Crippen molar-refractivity contribution in [1.29, 1.82) is 0 Å². The van der Waals surface area contributed by atoms with Gasteiger partial charge in [0, 0.05) is 13.1 Å². The molecule has 1 aromatic heterocycles. The van der Waals surface area contributed by atoms with Gasteiger partial charge in [0.1, 0.15) is 5.82 Å². The van der Waals surface area contributed by atoms with Gasteiger partial charge in [0.15, 0.2) is 5.82 Å². The highest BCUT2D eigenvalue weighted by atomic mass is 32.2. The third-order valence-corrected chi connectivity index (χ3v) is 4.80. The third kappa shape index (κ3) is 3.93. The van der Waals surface area contributed by atoms with Gasteiger partial charge in [0.25, 0.3) is 0 Å². The molecule has 3 rings (SSSR count). The first-order valence-corrected chi connectivity index (χ1v) is 8.95. The second-order valence-electron chi connectivity index (χ2n) is 6.00. The predicted molar refractivity (Wildman–Crippen MR) is 92.9 cm³/mol. The van der Waals surface area contributed by atoms with Crippen molar-refractivity contribution in [3.05, 3.63) is 30.1 Å². The summed E-state index contributed by atoms with van der Waals surface area (Å²) in [5.41, 5.74) is 0.270. The number of carbonyl (C=O) groups excluding carboxylic acids is 1. The second kappa shape index (κ2) is 7.40. The highest BCUT2D eigenvalue weighted by Gasteiger charge is 2.26. The van der Waals surface area contributed by atoms with E-state index in [4.69, 9.17) is 10.6 Å². The lowest BCUT2D eigenvalue weighted by Gasteiger charge is -2.35. The van der Waals surface area contributed by atoms with Crippen LogP contribution in [0.1, 0.15) is 13.8 Å². The standard InChI is InChI=1S/C16H20FN5O2S/c1-10-7-21(8-11(2)24-10)14(23)9-25-16-20-19-15(22(16)18)12-5-3-4-6-13(12)17/h3-6,10-11H,7-9,18H2,1-2H3/t10-,11-/m0/s1. The second-order valence-corrected chi connectivity index (χ2v) is 6.94. The first-order valence-electron chi connectivity index (χ1n) is 7.97. The highest BCUT2D eigenvalue weighted by molar-refractivity contribution is 7.99. The number of ether oxygens (including phenoxy) is 1. The fraction of sp³-hybridized carbons (Fsp3) is 0.438. The molecule has 2 aromatic rings. The predicted octanol–water partition coefficient (Wildman–Crippen LogP) is 1.53. The number of aromatic nitrogens is 3. The van der Waals surface area contributed by atoms with Crippen LogP contribution < -0.4 is 5.84 Å². The van der Waals surface area contributed by atoms with E-state index in [1.165, 1.54) is 22.5 Å². The number of nitrogen functional groups attached to an aromatic ring is 1. The lowest BCUT2D eigenvalue weighted by Crippen LogP contribution is -2.48. The molecule has 0 aliphatic carbocycles. The number of morpholine rings is 1. The van der Waals surface area contributed by atoms with Crippen molar-refractivity contribution in [1.82, 2.24) is 19.8 Å². The van der Waals surface area contributed by atoms with Crippen LogP contribution >= 0.6 is 11.8 Å². The van der Waals surface area contributed by atoms with Crippen LogP contribution in [0.2, 0.25) is 0 Å². The molecule has 25 heavy (non-hydrogen) atoms. The quantitative estimate of drug-likeness (QED) is 0.653. The van der Waals surface area contributed by atoms with Gasteiger partial charge >= 0.3 is 0 Å². The van der Waals surface area contributed by atoms with Crippen molar-refractivity contribution in [3.63, 3.8) is 0 Å². The first kappa shape index (κ1) is 17.7. The fourth-order valence-corrected chi connectivity index (χ4v) is 3.56. The van der Waals surface area contributed by atoms with Crippen LogP contribution in [-0.2, 0) is 9.53 Å². The summed E-state index contributed by atoms with van der Waals surface area (Å²) in [5.74, 6) is 5.95. The summed E-state index contributed by atoms with van der Waals surface area (Å²) in [6.45, 7) is 5.03. The Bertz CT molecular complexity index is 759. The van der Waals surface area contributed by atoms with Gasteiger partial charge in [0.2, 0.25) is 11.1 Å². The van der Waals surface area contributed by atoms with E-state index in [0.717, 1.165) is 0 Å². The summed E-state index contributed by atoms with van der Waals surface area (Å²) in [5, 5.41) is 8.27. The number of nitrogens with two attached hydrogens (primary N) is 1. The number of halogens is 1. The number of rotatable bonds is 4. The van der Waals surface area contributed by atoms with Crippen molar-refractivity contribution in [3.8, 4) is 11.4 Å². The minimum Gasteiger partial charge on any atom is -0.372 e. The van der Waals surface area contributed by atoms with E-state index < -0.39 is 5.82 Å². The van der Waals surface area contributed by atoms with Gasteiger partial charge in [0.05, 0.1) is 23.5 Å². The van der Waals surface area contributed by atoms with Gasteiger partial charge in [-0.15, -0.1) is 10.2 Å². The zero-order valence-corrected chi connectivity index (χ0v) is 14.9. The van der Waals surface area contributed by atoms with Crippen molar-refractivity contribution in [2.45, 2.75) is 31.2 Å². The summed E-state index contributed by atoms with van der Waals surface area (Å²) >= 11 is 1.18. The van der Waals surface area contributed by atoms with Crippen LogP contribution in [0.25, 0.3) is 11.4 Å². The maximum atomic E-state index is 13.9. The molecule has 1 aliphatic heterocycles. The van der Waals surface area contributed by atoms with Crippen molar-refractivity contribution in [2.75, 3.05) is 24.7 Å².